The second-order valence-electron chi connectivity index (χ2n) is 6.79. The lowest BCUT2D eigenvalue weighted by molar-refractivity contribution is 0.00578. The van der Waals surface area contributed by atoms with Gasteiger partial charge in [-0.3, -0.25) is 0 Å². The summed E-state index contributed by atoms with van der Waals surface area (Å²) in [5.74, 6) is 0. The maximum Gasteiger partial charge on any atom is 0.457 e. The van der Waals surface area contributed by atoms with Crippen LogP contribution in [0.5, 0.6) is 0 Å². The van der Waals surface area contributed by atoms with E-state index >= 15 is 0 Å². The minimum atomic E-state index is -0.185. The Hall–Kier alpha value is -0.0151. The molecule has 0 aromatic rings. The largest absolute Gasteiger partial charge is 0.457 e. The molecule has 3 heteroatoms. The van der Waals surface area contributed by atoms with Crippen molar-refractivity contribution in [3.8, 4) is 0 Å². The highest BCUT2D eigenvalue weighted by Crippen LogP contribution is 2.39. The molecule has 0 radical (unpaired) electrons. The van der Waals surface area contributed by atoms with Crippen LogP contribution in [0, 0.1) is 5.41 Å². The summed E-state index contributed by atoms with van der Waals surface area (Å²) in [6, 6.07) is 0. The smallest absolute Gasteiger partial charge is 0.403 e. The van der Waals surface area contributed by atoms with Gasteiger partial charge in [-0.25, -0.2) is 0 Å². The van der Waals surface area contributed by atoms with Crippen molar-refractivity contribution in [1.82, 2.24) is 0 Å². The summed E-state index contributed by atoms with van der Waals surface area (Å²) in [5.41, 5.74) is -0.0191. The topological polar surface area (TPSA) is 18.5 Å². The SMILES string of the molecule is CC(C)(C)CCB1OC(C)(C)C(C)(C)O1. The molecular weight excluding hydrogens is 187 g/mol. The Morgan fingerprint density at radius 2 is 1.33 bits per heavy atom. The van der Waals surface area contributed by atoms with Crippen molar-refractivity contribution in [1.29, 1.82) is 0 Å². The first kappa shape index (κ1) is 13.1. The van der Waals surface area contributed by atoms with Crippen molar-refractivity contribution in [2.24, 2.45) is 5.41 Å². The fraction of sp³-hybridized carbons (Fsp3) is 1.00. The minimum Gasteiger partial charge on any atom is -0.403 e. The molecule has 1 fully saturated rings. The Kier molecular flexibility index (Phi) is 3.29. The molecule has 88 valence electrons. The van der Waals surface area contributed by atoms with Gasteiger partial charge in [0.2, 0.25) is 0 Å². The van der Waals surface area contributed by atoms with Gasteiger partial charge in [0, 0.05) is 0 Å². The molecule has 15 heavy (non-hydrogen) atoms. The molecule has 1 saturated heterocycles. The third-order valence-corrected chi connectivity index (χ3v) is 3.43. The van der Waals surface area contributed by atoms with Crippen molar-refractivity contribution in [2.45, 2.75) is 72.4 Å². The van der Waals surface area contributed by atoms with Gasteiger partial charge in [0.1, 0.15) is 0 Å². The summed E-state index contributed by atoms with van der Waals surface area (Å²) in [5, 5.41) is 0. The van der Waals surface area contributed by atoms with Crippen LogP contribution in [0.4, 0.5) is 0 Å². The van der Waals surface area contributed by atoms with E-state index in [-0.39, 0.29) is 18.3 Å². The molecule has 1 aliphatic heterocycles. The zero-order valence-corrected chi connectivity index (χ0v) is 11.3. The van der Waals surface area contributed by atoms with Crippen LogP contribution in [0.3, 0.4) is 0 Å². The van der Waals surface area contributed by atoms with Gasteiger partial charge in [-0.2, -0.15) is 0 Å². The molecule has 0 aliphatic carbocycles. The fourth-order valence-electron chi connectivity index (χ4n) is 1.63. The van der Waals surface area contributed by atoms with Crippen LogP contribution in [0.1, 0.15) is 54.9 Å². The quantitative estimate of drug-likeness (QED) is 0.652. The van der Waals surface area contributed by atoms with Crippen LogP contribution in [0.2, 0.25) is 6.32 Å². The van der Waals surface area contributed by atoms with Gasteiger partial charge in [-0.15, -0.1) is 0 Å². The molecule has 0 saturated carbocycles. The Bertz CT molecular complexity index is 212. The van der Waals surface area contributed by atoms with E-state index in [4.69, 9.17) is 9.31 Å². The molecule has 0 aromatic heterocycles. The van der Waals surface area contributed by atoms with E-state index in [9.17, 15) is 0 Å². The molecule has 1 aliphatic rings. The summed E-state index contributed by atoms with van der Waals surface area (Å²) in [7, 11) is -0.0331. The van der Waals surface area contributed by atoms with Gasteiger partial charge >= 0.3 is 7.12 Å². The highest BCUT2D eigenvalue weighted by atomic mass is 16.7. The standard InChI is InChI=1S/C12H25BO2/c1-10(2,3)8-9-13-14-11(4,5)12(6,7)15-13/h8-9H2,1-7H3. The lowest BCUT2D eigenvalue weighted by Gasteiger charge is -2.32. The number of hydrogen-bond acceptors (Lipinski definition) is 2. The van der Waals surface area contributed by atoms with E-state index in [1.807, 2.05) is 0 Å². The molecule has 0 atom stereocenters. The summed E-state index contributed by atoms with van der Waals surface area (Å²) in [6.45, 7) is 15.1. The van der Waals surface area contributed by atoms with Crippen molar-refractivity contribution < 1.29 is 9.31 Å². The van der Waals surface area contributed by atoms with E-state index in [2.05, 4.69) is 48.5 Å². The van der Waals surface area contributed by atoms with Gasteiger partial charge in [0.25, 0.3) is 0 Å². The lowest BCUT2D eigenvalue weighted by Crippen LogP contribution is -2.41. The van der Waals surface area contributed by atoms with E-state index in [0.29, 0.717) is 5.41 Å². The van der Waals surface area contributed by atoms with E-state index in [0.717, 1.165) is 12.7 Å². The lowest BCUT2D eigenvalue weighted by atomic mass is 9.76. The molecule has 0 bridgehead atoms. The second-order valence-corrected chi connectivity index (χ2v) is 6.79. The van der Waals surface area contributed by atoms with Crippen LogP contribution in [0.15, 0.2) is 0 Å². The molecule has 1 rings (SSSR count). The van der Waals surface area contributed by atoms with Crippen LogP contribution >= 0.6 is 0 Å². The summed E-state index contributed by atoms with van der Waals surface area (Å²) in [4.78, 5) is 0. The predicted octanol–water partition coefficient (Wildman–Crippen LogP) is 3.51. The number of hydrogen-bond donors (Lipinski definition) is 0. The normalized spacial score (nSPS) is 24.6. The molecule has 1 heterocycles. The van der Waals surface area contributed by atoms with Crippen molar-refractivity contribution in [3.63, 3.8) is 0 Å². The Balaban J connectivity index is 2.50. The third-order valence-electron chi connectivity index (χ3n) is 3.43. The average molecular weight is 212 g/mol. The van der Waals surface area contributed by atoms with Gasteiger partial charge in [0.15, 0.2) is 0 Å². The average Bonchev–Trinajstić information content (AvgIpc) is 2.16. The fourth-order valence-corrected chi connectivity index (χ4v) is 1.63. The van der Waals surface area contributed by atoms with Crippen molar-refractivity contribution in [2.75, 3.05) is 0 Å². The highest BCUT2D eigenvalue weighted by Gasteiger charge is 2.50. The second kappa shape index (κ2) is 3.78. The van der Waals surface area contributed by atoms with E-state index in [1.165, 1.54) is 0 Å². The highest BCUT2D eigenvalue weighted by molar-refractivity contribution is 6.45. The molecule has 0 spiro atoms. The van der Waals surface area contributed by atoms with Crippen molar-refractivity contribution in [3.05, 3.63) is 0 Å². The Morgan fingerprint density at radius 3 is 1.67 bits per heavy atom. The van der Waals surface area contributed by atoms with Crippen LogP contribution < -0.4 is 0 Å². The first-order chi connectivity index (χ1) is 6.54. The molecule has 0 amide bonds. The van der Waals surface area contributed by atoms with Crippen LogP contribution in [-0.2, 0) is 9.31 Å². The maximum absolute atomic E-state index is 5.94. The predicted molar refractivity (Wildman–Crippen MR) is 65.0 cm³/mol. The molecular formula is C12H25BO2. The third kappa shape index (κ3) is 3.22. The van der Waals surface area contributed by atoms with Crippen LogP contribution in [0.25, 0.3) is 0 Å². The van der Waals surface area contributed by atoms with Crippen LogP contribution in [-0.4, -0.2) is 18.3 Å². The van der Waals surface area contributed by atoms with Gasteiger partial charge in [-0.05, 0) is 45.9 Å². The summed E-state index contributed by atoms with van der Waals surface area (Å²) >= 11 is 0. The van der Waals surface area contributed by atoms with E-state index in [1.54, 1.807) is 0 Å². The molecule has 2 nitrogen and oxygen atoms in total. The first-order valence-corrected chi connectivity index (χ1v) is 5.89. The summed E-state index contributed by atoms with van der Waals surface area (Å²) in [6.07, 6.45) is 2.11. The van der Waals surface area contributed by atoms with E-state index < -0.39 is 0 Å². The zero-order valence-electron chi connectivity index (χ0n) is 11.3. The monoisotopic (exact) mass is 212 g/mol. The first-order valence-electron chi connectivity index (χ1n) is 5.89. The molecule has 0 N–H and O–H groups in total. The van der Waals surface area contributed by atoms with Gasteiger partial charge < -0.3 is 9.31 Å². The number of rotatable bonds is 2. The maximum atomic E-state index is 5.94. The van der Waals surface area contributed by atoms with Gasteiger partial charge in [0.05, 0.1) is 11.2 Å². The van der Waals surface area contributed by atoms with Gasteiger partial charge in [-0.1, -0.05) is 20.8 Å². The molecule has 0 aromatic carbocycles. The Labute approximate surface area is 94.9 Å². The summed E-state index contributed by atoms with van der Waals surface area (Å²) < 4.78 is 11.9. The molecule has 0 unspecified atom stereocenters. The zero-order chi connectivity index (χ0) is 11.9. The minimum absolute atomic E-state index is 0.0331. The Morgan fingerprint density at radius 1 is 0.933 bits per heavy atom. The van der Waals surface area contributed by atoms with Crippen molar-refractivity contribution >= 4 is 7.12 Å².